The SMILES string of the molecule is CNc1cccc(C2CCCCN2C(=O)C(=O)Nc2cncc(CN)c2)c1. The van der Waals surface area contributed by atoms with Crippen LogP contribution in [0.3, 0.4) is 0 Å². The molecule has 2 amide bonds. The average Bonchev–Trinajstić information content (AvgIpc) is 2.73. The molecule has 1 fully saturated rings. The Balaban J connectivity index is 1.76. The molecule has 142 valence electrons. The standard InChI is InChI=1S/C20H25N5O2/c1-22-16-6-4-5-15(10-16)18-7-2-3-8-25(18)20(27)19(26)24-17-9-14(11-21)12-23-13-17/h4-6,9-10,12-13,18,22H,2-3,7-8,11,21H2,1H3,(H,24,26). The third kappa shape index (κ3) is 4.43. The third-order valence-electron chi connectivity index (χ3n) is 4.81. The fourth-order valence-electron chi connectivity index (χ4n) is 3.41. The van der Waals surface area contributed by atoms with Crippen LogP contribution in [0.4, 0.5) is 11.4 Å². The zero-order chi connectivity index (χ0) is 19.2. The molecule has 0 aliphatic carbocycles. The lowest BCUT2D eigenvalue weighted by Crippen LogP contribution is -2.44. The van der Waals surface area contributed by atoms with Crippen molar-refractivity contribution < 1.29 is 9.59 Å². The fourth-order valence-corrected chi connectivity index (χ4v) is 3.41. The highest BCUT2D eigenvalue weighted by Gasteiger charge is 2.31. The van der Waals surface area contributed by atoms with Crippen LogP contribution in [-0.2, 0) is 16.1 Å². The van der Waals surface area contributed by atoms with Gasteiger partial charge in [0, 0.05) is 32.0 Å². The van der Waals surface area contributed by atoms with E-state index in [1.54, 1.807) is 17.2 Å². The van der Waals surface area contributed by atoms with Crippen molar-refractivity contribution in [3.05, 3.63) is 53.9 Å². The predicted molar refractivity (Wildman–Crippen MR) is 105 cm³/mol. The number of likely N-dealkylation sites (tertiary alicyclic amines) is 1. The maximum absolute atomic E-state index is 12.8. The van der Waals surface area contributed by atoms with Crippen LogP contribution in [0.1, 0.15) is 36.4 Å². The molecule has 1 aliphatic rings. The molecule has 1 aromatic carbocycles. The summed E-state index contributed by atoms with van der Waals surface area (Å²) in [5.74, 6) is -1.17. The first-order valence-corrected chi connectivity index (χ1v) is 9.16. The van der Waals surface area contributed by atoms with Crippen LogP contribution in [-0.4, -0.2) is 35.3 Å². The minimum absolute atomic E-state index is 0.0983. The number of nitrogens with one attached hydrogen (secondary N) is 2. The molecule has 1 aromatic heterocycles. The summed E-state index contributed by atoms with van der Waals surface area (Å²) in [6.07, 6.45) is 5.91. The summed E-state index contributed by atoms with van der Waals surface area (Å²) in [6.45, 7) is 0.891. The third-order valence-corrected chi connectivity index (χ3v) is 4.81. The zero-order valence-electron chi connectivity index (χ0n) is 15.4. The van der Waals surface area contributed by atoms with Gasteiger partial charge in [0.1, 0.15) is 0 Å². The highest BCUT2D eigenvalue weighted by Crippen LogP contribution is 2.32. The van der Waals surface area contributed by atoms with Gasteiger partial charge in [-0.25, -0.2) is 0 Å². The smallest absolute Gasteiger partial charge is 0.313 e. The van der Waals surface area contributed by atoms with Gasteiger partial charge in [0.2, 0.25) is 0 Å². The number of hydrogen-bond donors (Lipinski definition) is 3. The van der Waals surface area contributed by atoms with Gasteiger partial charge in [0.15, 0.2) is 0 Å². The maximum atomic E-state index is 12.8. The molecule has 1 saturated heterocycles. The van der Waals surface area contributed by atoms with E-state index in [2.05, 4.69) is 15.6 Å². The van der Waals surface area contributed by atoms with Crippen molar-refractivity contribution in [2.75, 3.05) is 24.2 Å². The average molecular weight is 367 g/mol. The summed E-state index contributed by atoms with van der Waals surface area (Å²) in [5.41, 5.74) is 8.89. The number of aromatic nitrogens is 1. The maximum Gasteiger partial charge on any atom is 0.313 e. The Morgan fingerprint density at radius 1 is 1.22 bits per heavy atom. The second kappa shape index (κ2) is 8.64. The number of nitrogens with two attached hydrogens (primary N) is 1. The second-order valence-electron chi connectivity index (χ2n) is 6.63. The number of nitrogens with zero attached hydrogens (tertiary/aromatic N) is 2. The lowest BCUT2D eigenvalue weighted by molar-refractivity contribution is -0.145. The van der Waals surface area contributed by atoms with Gasteiger partial charge in [-0.05, 0) is 48.6 Å². The molecule has 0 bridgehead atoms. The summed E-state index contributed by atoms with van der Waals surface area (Å²) in [6, 6.07) is 9.60. The molecule has 1 unspecified atom stereocenters. The molecular formula is C20H25N5O2. The Hall–Kier alpha value is -2.93. The minimum atomic E-state index is -0.650. The number of carbonyl (C=O) groups is 2. The number of carbonyl (C=O) groups excluding carboxylic acids is 2. The van der Waals surface area contributed by atoms with Gasteiger partial charge < -0.3 is 21.3 Å². The van der Waals surface area contributed by atoms with Crippen LogP contribution < -0.4 is 16.4 Å². The van der Waals surface area contributed by atoms with Gasteiger partial charge in [-0.3, -0.25) is 14.6 Å². The number of rotatable bonds is 4. The molecule has 3 rings (SSSR count). The molecule has 4 N–H and O–H groups in total. The fraction of sp³-hybridized carbons (Fsp3) is 0.350. The number of pyridine rings is 1. The van der Waals surface area contributed by atoms with Crippen LogP contribution in [0, 0.1) is 0 Å². The lowest BCUT2D eigenvalue weighted by Gasteiger charge is -2.35. The van der Waals surface area contributed by atoms with Crippen LogP contribution in [0.25, 0.3) is 0 Å². The molecule has 2 aromatic rings. The summed E-state index contributed by atoms with van der Waals surface area (Å²) < 4.78 is 0. The van der Waals surface area contributed by atoms with E-state index < -0.39 is 11.8 Å². The highest BCUT2D eigenvalue weighted by molar-refractivity contribution is 6.39. The summed E-state index contributed by atoms with van der Waals surface area (Å²) in [7, 11) is 1.86. The van der Waals surface area contributed by atoms with Crippen molar-refractivity contribution in [3.8, 4) is 0 Å². The minimum Gasteiger partial charge on any atom is -0.388 e. The van der Waals surface area contributed by atoms with Gasteiger partial charge >= 0.3 is 11.8 Å². The monoisotopic (exact) mass is 367 g/mol. The molecule has 2 heterocycles. The highest BCUT2D eigenvalue weighted by atomic mass is 16.2. The second-order valence-corrected chi connectivity index (χ2v) is 6.63. The molecule has 0 radical (unpaired) electrons. The first kappa shape index (κ1) is 18.8. The predicted octanol–water partition coefficient (Wildman–Crippen LogP) is 2.27. The molecule has 7 nitrogen and oxygen atoms in total. The largest absolute Gasteiger partial charge is 0.388 e. The van der Waals surface area contributed by atoms with Crippen molar-refractivity contribution in [1.29, 1.82) is 0 Å². The number of benzene rings is 1. The Morgan fingerprint density at radius 3 is 2.85 bits per heavy atom. The Labute approximate surface area is 159 Å². The number of hydrogen-bond acceptors (Lipinski definition) is 5. The molecule has 1 atom stereocenters. The number of amides is 2. The van der Waals surface area contributed by atoms with Crippen LogP contribution >= 0.6 is 0 Å². The van der Waals surface area contributed by atoms with Gasteiger partial charge in [0.25, 0.3) is 0 Å². The summed E-state index contributed by atoms with van der Waals surface area (Å²) in [5, 5.41) is 5.76. The summed E-state index contributed by atoms with van der Waals surface area (Å²) in [4.78, 5) is 31.1. The van der Waals surface area contributed by atoms with E-state index >= 15 is 0 Å². The first-order valence-electron chi connectivity index (χ1n) is 9.16. The Morgan fingerprint density at radius 2 is 2.07 bits per heavy atom. The molecule has 7 heteroatoms. The van der Waals surface area contributed by atoms with E-state index in [0.29, 0.717) is 18.8 Å². The van der Waals surface area contributed by atoms with Crippen LogP contribution in [0.2, 0.25) is 0 Å². The van der Waals surface area contributed by atoms with Gasteiger partial charge in [-0.2, -0.15) is 0 Å². The van der Waals surface area contributed by atoms with Gasteiger partial charge in [0.05, 0.1) is 17.9 Å². The molecule has 0 saturated carbocycles. The molecule has 27 heavy (non-hydrogen) atoms. The first-order chi connectivity index (χ1) is 13.1. The van der Waals surface area contributed by atoms with E-state index in [1.807, 2.05) is 31.3 Å². The number of anilines is 2. The van der Waals surface area contributed by atoms with Crippen molar-refractivity contribution in [3.63, 3.8) is 0 Å². The van der Waals surface area contributed by atoms with E-state index in [4.69, 9.17) is 5.73 Å². The van der Waals surface area contributed by atoms with E-state index in [0.717, 1.165) is 36.1 Å². The van der Waals surface area contributed by atoms with Gasteiger partial charge in [-0.1, -0.05) is 12.1 Å². The normalized spacial score (nSPS) is 16.7. The Kier molecular flexibility index (Phi) is 6.03. The quantitative estimate of drug-likeness (QED) is 0.720. The van der Waals surface area contributed by atoms with E-state index in [9.17, 15) is 9.59 Å². The van der Waals surface area contributed by atoms with E-state index in [1.165, 1.54) is 6.20 Å². The van der Waals surface area contributed by atoms with Crippen LogP contribution in [0.5, 0.6) is 0 Å². The van der Waals surface area contributed by atoms with Gasteiger partial charge in [-0.15, -0.1) is 0 Å². The molecular weight excluding hydrogens is 342 g/mol. The summed E-state index contributed by atoms with van der Waals surface area (Å²) >= 11 is 0. The van der Waals surface area contributed by atoms with Crippen molar-refractivity contribution in [2.24, 2.45) is 5.73 Å². The topological polar surface area (TPSA) is 100 Å². The zero-order valence-corrected chi connectivity index (χ0v) is 15.4. The van der Waals surface area contributed by atoms with Crippen molar-refractivity contribution in [1.82, 2.24) is 9.88 Å². The van der Waals surface area contributed by atoms with Crippen molar-refractivity contribution in [2.45, 2.75) is 31.8 Å². The number of piperidine rings is 1. The van der Waals surface area contributed by atoms with E-state index in [-0.39, 0.29) is 6.04 Å². The Bertz CT molecular complexity index is 824. The molecule has 0 spiro atoms. The molecule has 1 aliphatic heterocycles. The van der Waals surface area contributed by atoms with Crippen LogP contribution in [0.15, 0.2) is 42.7 Å². The van der Waals surface area contributed by atoms with Crippen molar-refractivity contribution >= 4 is 23.2 Å². The lowest BCUT2D eigenvalue weighted by atomic mass is 9.94.